The van der Waals surface area contributed by atoms with Gasteiger partial charge in [0.15, 0.2) is 0 Å². The zero-order valence-electron chi connectivity index (χ0n) is 14.6. The molecule has 0 unspecified atom stereocenters. The van der Waals surface area contributed by atoms with E-state index >= 15 is 0 Å². The van der Waals surface area contributed by atoms with Gasteiger partial charge in [0.25, 0.3) is 0 Å². The van der Waals surface area contributed by atoms with Crippen LogP contribution in [0.15, 0.2) is 0 Å². The number of hydrogen-bond donors (Lipinski definition) is 1. The van der Waals surface area contributed by atoms with Gasteiger partial charge in [0.1, 0.15) is 0 Å². The molecule has 2 heterocycles. The van der Waals surface area contributed by atoms with Crippen molar-refractivity contribution < 1.29 is 14.4 Å². The van der Waals surface area contributed by atoms with Gasteiger partial charge in [0, 0.05) is 46.7 Å². The summed E-state index contributed by atoms with van der Waals surface area (Å²) < 4.78 is 0. The van der Waals surface area contributed by atoms with E-state index in [1.165, 1.54) is 0 Å². The Balaban J connectivity index is 2.04. The van der Waals surface area contributed by atoms with Crippen LogP contribution in [0.5, 0.6) is 0 Å². The summed E-state index contributed by atoms with van der Waals surface area (Å²) in [5, 5.41) is 2.69. The maximum Gasteiger partial charge on any atom is 0.240 e. The first-order chi connectivity index (χ1) is 10.8. The van der Waals surface area contributed by atoms with Gasteiger partial charge < -0.3 is 15.1 Å². The highest BCUT2D eigenvalue weighted by Crippen LogP contribution is 2.28. The molecule has 0 aromatic carbocycles. The van der Waals surface area contributed by atoms with Crippen molar-refractivity contribution in [3.8, 4) is 0 Å². The maximum absolute atomic E-state index is 12.9. The Kier molecular flexibility index (Phi) is 5.29. The zero-order valence-corrected chi connectivity index (χ0v) is 14.6. The number of rotatable bonds is 3. The number of likely N-dealkylation sites (N-methyl/N-ethyl adjacent to an activating group) is 1. The van der Waals surface area contributed by atoms with Crippen LogP contribution in [0.3, 0.4) is 0 Å². The summed E-state index contributed by atoms with van der Waals surface area (Å²) in [5.41, 5.74) is -0.702. The van der Waals surface area contributed by atoms with Crippen LogP contribution in [0.1, 0.15) is 33.6 Å². The average Bonchev–Trinajstić information content (AvgIpc) is 3.03. The summed E-state index contributed by atoms with van der Waals surface area (Å²) in [4.78, 5) is 42.1. The highest BCUT2D eigenvalue weighted by Gasteiger charge is 2.44. The number of hydrogen-bond acceptors (Lipinski definition) is 4. The summed E-state index contributed by atoms with van der Waals surface area (Å²) in [7, 11) is 1.62. The molecule has 0 bridgehead atoms. The lowest BCUT2D eigenvalue weighted by Gasteiger charge is -2.41. The van der Waals surface area contributed by atoms with Crippen molar-refractivity contribution in [2.75, 3.05) is 39.8 Å². The predicted molar refractivity (Wildman–Crippen MR) is 86.7 cm³/mol. The van der Waals surface area contributed by atoms with Crippen LogP contribution in [-0.2, 0) is 14.4 Å². The Hall–Kier alpha value is -1.63. The van der Waals surface area contributed by atoms with Crippen molar-refractivity contribution in [1.29, 1.82) is 0 Å². The molecule has 2 fully saturated rings. The normalized spacial score (nSPS) is 23.0. The monoisotopic (exact) mass is 324 g/mol. The number of carbonyl (C=O) groups excluding carboxylic acids is 3. The van der Waals surface area contributed by atoms with E-state index in [2.05, 4.69) is 5.32 Å². The molecule has 2 aliphatic heterocycles. The third-order valence-electron chi connectivity index (χ3n) is 5.08. The molecule has 2 saturated heterocycles. The summed E-state index contributed by atoms with van der Waals surface area (Å²) in [5.74, 6) is 0.0709. The molecule has 1 N–H and O–H groups in total. The molecule has 3 amide bonds. The highest BCUT2D eigenvalue weighted by atomic mass is 16.2. The Bertz CT molecular complexity index is 484. The highest BCUT2D eigenvalue weighted by molar-refractivity contribution is 5.88. The second-order valence-electron chi connectivity index (χ2n) is 6.82. The van der Waals surface area contributed by atoms with Crippen molar-refractivity contribution in [3.05, 3.63) is 0 Å². The Morgan fingerprint density at radius 1 is 1.00 bits per heavy atom. The second-order valence-corrected chi connectivity index (χ2v) is 6.82. The lowest BCUT2D eigenvalue weighted by molar-refractivity contribution is -0.145. The van der Waals surface area contributed by atoms with Crippen molar-refractivity contribution in [2.45, 2.75) is 45.2 Å². The van der Waals surface area contributed by atoms with Gasteiger partial charge in [0.2, 0.25) is 17.7 Å². The molecule has 2 rings (SSSR count). The molecule has 2 aliphatic rings. The molecule has 23 heavy (non-hydrogen) atoms. The van der Waals surface area contributed by atoms with Gasteiger partial charge in [-0.3, -0.25) is 19.3 Å². The van der Waals surface area contributed by atoms with Crippen LogP contribution in [-0.4, -0.2) is 83.8 Å². The lowest BCUT2D eigenvalue weighted by atomic mass is 9.99. The molecule has 0 aromatic rings. The number of carbonyl (C=O) groups is 3. The Morgan fingerprint density at radius 3 is 2.09 bits per heavy atom. The van der Waals surface area contributed by atoms with Crippen LogP contribution in [0, 0.1) is 0 Å². The van der Waals surface area contributed by atoms with Crippen LogP contribution in [0.25, 0.3) is 0 Å². The third-order valence-corrected chi connectivity index (χ3v) is 5.08. The van der Waals surface area contributed by atoms with Gasteiger partial charge in [0.05, 0.1) is 11.6 Å². The van der Waals surface area contributed by atoms with Crippen LogP contribution in [0.4, 0.5) is 0 Å². The van der Waals surface area contributed by atoms with Gasteiger partial charge in [-0.25, -0.2) is 0 Å². The second kappa shape index (κ2) is 6.86. The smallest absolute Gasteiger partial charge is 0.240 e. The van der Waals surface area contributed by atoms with Gasteiger partial charge in [-0.1, -0.05) is 0 Å². The van der Waals surface area contributed by atoms with Crippen LogP contribution < -0.4 is 5.32 Å². The van der Waals surface area contributed by atoms with Crippen molar-refractivity contribution in [2.24, 2.45) is 0 Å². The van der Waals surface area contributed by atoms with Crippen molar-refractivity contribution in [1.82, 2.24) is 20.0 Å². The largest absolute Gasteiger partial charge is 0.358 e. The van der Waals surface area contributed by atoms with E-state index in [0.717, 1.165) is 19.4 Å². The van der Waals surface area contributed by atoms with Gasteiger partial charge in [-0.2, -0.15) is 0 Å². The predicted octanol–water partition coefficient (Wildman–Crippen LogP) is -0.334. The molecular formula is C16H28N4O3. The molecule has 0 spiro atoms. The molecular weight excluding hydrogens is 296 g/mol. The summed E-state index contributed by atoms with van der Waals surface area (Å²) in [6.45, 7) is 8.37. The molecule has 1 atom stereocenters. The fraction of sp³-hybridized carbons (Fsp3) is 0.812. The third kappa shape index (κ3) is 3.49. The number of likely N-dealkylation sites (tertiary alicyclic amines) is 1. The maximum atomic E-state index is 12.9. The van der Waals surface area contributed by atoms with E-state index in [9.17, 15) is 14.4 Å². The topological polar surface area (TPSA) is 73.0 Å². The van der Waals surface area contributed by atoms with E-state index in [-0.39, 0.29) is 23.8 Å². The first-order valence-corrected chi connectivity index (χ1v) is 8.32. The number of nitrogens with one attached hydrogen (secondary N) is 1. The molecule has 0 aromatic heterocycles. The average molecular weight is 324 g/mol. The zero-order chi connectivity index (χ0) is 17.2. The Labute approximate surface area is 138 Å². The first-order valence-electron chi connectivity index (χ1n) is 8.32. The van der Waals surface area contributed by atoms with E-state index < -0.39 is 5.54 Å². The standard InChI is InChI=1S/C16H28N4O3/c1-12(21)18-8-10-19(11-9-18)14(22)13-6-5-7-20(13)16(2,3)15(23)17-4/h13H,5-11H2,1-4H3,(H,17,23)/t13-/m0/s1. The van der Waals surface area contributed by atoms with E-state index in [4.69, 9.17) is 0 Å². The van der Waals surface area contributed by atoms with Gasteiger partial charge in [-0.15, -0.1) is 0 Å². The van der Waals surface area contributed by atoms with Crippen molar-refractivity contribution in [3.63, 3.8) is 0 Å². The molecule has 0 saturated carbocycles. The minimum absolute atomic E-state index is 0.0559. The summed E-state index contributed by atoms with van der Waals surface area (Å²) >= 11 is 0. The van der Waals surface area contributed by atoms with Crippen LogP contribution >= 0.6 is 0 Å². The van der Waals surface area contributed by atoms with Crippen LogP contribution in [0.2, 0.25) is 0 Å². The van der Waals surface area contributed by atoms with Gasteiger partial charge in [-0.05, 0) is 26.7 Å². The van der Waals surface area contributed by atoms with E-state index in [0.29, 0.717) is 26.2 Å². The SMILES string of the molecule is CNC(=O)C(C)(C)N1CCC[C@H]1C(=O)N1CCN(C(C)=O)CC1. The minimum atomic E-state index is -0.702. The van der Waals surface area contributed by atoms with Gasteiger partial charge >= 0.3 is 0 Å². The molecule has 130 valence electrons. The summed E-state index contributed by atoms with van der Waals surface area (Å²) in [6.07, 6.45) is 1.70. The Morgan fingerprint density at radius 2 is 1.57 bits per heavy atom. The van der Waals surface area contributed by atoms with E-state index in [1.54, 1.807) is 18.9 Å². The first kappa shape index (κ1) is 17.7. The van der Waals surface area contributed by atoms with E-state index in [1.807, 2.05) is 23.6 Å². The molecule has 7 heteroatoms. The fourth-order valence-corrected chi connectivity index (χ4v) is 3.58. The van der Waals surface area contributed by atoms with Crippen molar-refractivity contribution >= 4 is 17.7 Å². The number of nitrogens with zero attached hydrogens (tertiary/aromatic N) is 3. The number of amides is 3. The quantitative estimate of drug-likeness (QED) is 0.771. The number of piperazine rings is 1. The fourth-order valence-electron chi connectivity index (χ4n) is 3.58. The molecule has 0 radical (unpaired) electrons. The summed E-state index contributed by atoms with van der Waals surface area (Å²) in [6, 6.07) is -0.244. The lowest BCUT2D eigenvalue weighted by Crippen LogP contribution is -2.61. The molecule has 7 nitrogen and oxygen atoms in total. The minimum Gasteiger partial charge on any atom is -0.358 e. The molecule has 0 aliphatic carbocycles.